The van der Waals surface area contributed by atoms with Gasteiger partial charge in [-0.2, -0.15) is 0 Å². The molecule has 4 aliphatic rings. The summed E-state index contributed by atoms with van der Waals surface area (Å²) >= 11 is 0. The lowest BCUT2D eigenvalue weighted by Crippen LogP contribution is -2.47. The lowest BCUT2D eigenvalue weighted by Gasteiger charge is -2.54. The van der Waals surface area contributed by atoms with Gasteiger partial charge >= 0.3 is 0 Å². The Kier molecular flexibility index (Phi) is 3.45. The number of ketones is 1. The van der Waals surface area contributed by atoms with Gasteiger partial charge in [-0.1, -0.05) is 43.6 Å². The van der Waals surface area contributed by atoms with Crippen LogP contribution in [0.1, 0.15) is 79.1 Å². The van der Waals surface area contributed by atoms with Crippen LogP contribution in [-0.4, -0.2) is 5.78 Å². The average Bonchev–Trinajstić information content (AvgIpc) is 2.88. The fraction of sp³-hybridized carbons (Fsp3) is 0.773. The Morgan fingerprint density at radius 3 is 2.48 bits per heavy atom. The Hall–Kier alpha value is -0.850. The van der Waals surface area contributed by atoms with Gasteiger partial charge in [-0.25, -0.2) is 0 Å². The molecule has 4 aliphatic carbocycles. The largest absolute Gasteiger partial charge is 0.299 e. The zero-order chi connectivity index (χ0) is 16.4. The van der Waals surface area contributed by atoms with Gasteiger partial charge < -0.3 is 0 Å². The molecule has 2 saturated carbocycles. The van der Waals surface area contributed by atoms with Crippen LogP contribution in [0.4, 0.5) is 0 Å². The minimum absolute atomic E-state index is 0.283. The van der Waals surface area contributed by atoms with E-state index in [4.69, 9.17) is 0 Å². The quantitative estimate of drug-likeness (QED) is 0.512. The van der Waals surface area contributed by atoms with Gasteiger partial charge in [-0.15, -0.1) is 0 Å². The summed E-state index contributed by atoms with van der Waals surface area (Å²) in [5.74, 6) is 2.21. The van der Waals surface area contributed by atoms with Crippen LogP contribution in [0.2, 0.25) is 0 Å². The Balaban J connectivity index is 1.77. The molecular weight excluding hydrogens is 280 g/mol. The van der Waals surface area contributed by atoms with Gasteiger partial charge in [0.05, 0.1) is 0 Å². The van der Waals surface area contributed by atoms with Gasteiger partial charge in [0.25, 0.3) is 0 Å². The monoisotopic (exact) mass is 312 g/mol. The summed E-state index contributed by atoms with van der Waals surface area (Å²) in [7, 11) is 0. The summed E-state index contributed by atoms with van der Waals surface area (Å²) in [6.07, 6.45) is 12.1. The highest BCUT2D eigenvalue weighted by Gasteiger charge is 2.54. The Morgan fingerprint density at radius 2 is 1.74 bits per heavy atom. The number of carbonyl (C=O) groups excluding carboxylic acids is 1. The van der Waals surface area contributed by atoms with E-state index in [9.17, 15) is 4.79 Å². The number of hydrogen-bond donors (Lipinski definition) is 0. The minimum atomic E-state index is 0.283. The third-order valence-electron chi connectivity index (χ3n) is 8.49. The van der Waals surface area contributed by atoms with Crippen LogP contribution in [0.25, 0.3) is 0 Å². The van der Waals surface area contributed by atoms with Gasteiger partial charge in [-0.05, 0) is 74.5 Å². The van der Waals surface area contributed by atoms with Crippen molar-refractivity contribution in [1.82, 2.24) is 0 Å². The number of Topliss-reactive ketones (excluding diaryl/α,β-unsaturated/α-hetero) is 1. The minimum Gasteiger partial charge on any atom is -0.299 e. The molecule has 126 valence electrons. The van der Waals surface area contributed by atoms with Crippen molar-refractivity contribution in [2.75, 3.05) is 0 Å². The first-order valence-corrected chi connectivity index (χ1v) is 9.82. The topological polar surface area (TPSA) is 17.1 Å². The molecule has 5 atom stereocenters. The lowest BCUT2D eigenvalue weighted by molar-refractivity contribution is -0.130. The second-order valence-corrected chi connectivity index (χ2v) is 9.14. The maximum atomic E-state index is 12.2. The van der Waals surface area contributed by atoms with E-state index in [1.165, 1.54) is 38.5 Å². The highest BCUT2D eigenvalue weighted by atomic mass is 16.1. The molecule has 0 saturated heterocycles. The predicted octanol–water partition coefficient (Wildman–Crippen LogP) is 5.85. The molecule has 1 nitrogen and oxygen atoms in total. The van der Waals surface area contributed by atoms with Gasteiger partial charge in [-0.3, -0.25) is 4.79 Å². The summed E-state index contributed by atoms with van der Waals surface area (Å²) < 4.78 is 0. The fourth-order valence-electron chi connectivity index (χ4n) is 7.05. The van der Waals surface area contributed by atoms with Crippen molar-refractivity contribution in [3.8, 4) is 0 Å². The number of fused-ring (bicyclic) bond motifs is 4. The maximum Gasteiger partial charge on any atom is 0.136 e. The number of hydrogen-bond acceptors (Lipinski definition) is 1. The van der Waals surface area contributed by atoms with E-state index < -0.39 is 0 Å². The third kappa shape index (κ3) is 1.94. The molecule has 0 heterocycles. The van der Waals surface area contributed by atoms with Crippen molar-refractivity contribution in [2.24, 2.45) is 28.6 Å². The van der Waals surface area contributed by atoms with Crippen LogP contribution >= 0.6 is 0 Å². The summed E-state index contributed by atoms with van der Waals surface area (Å²) in [5, 5.41) is 0. The van der Waals surface area contributed by atoms with Crippen LogP contribution in [0, 0.1) is 28.6 Å². The highest BCUT2D eigenvalue weighted by Crippen LogP contribution is 2.64. The predicted molar refractivity (Wildman–Crippen MR) is 95.1 cm³/mol. The molecule has 0 bridgehead atoms. The standard InChI is InChI=1S/C22H32O/c1-5-15-6-8-18-16-7-9-17-14(2)20(23)11-13-22(17,4)19(16)10-12-21(15,18)3/h5,14,17-18H,6-13H2,1-4H3/b15-5-/t14?,17-,18-,21+,22-/m0/s1. The molecular formula is C22H32O. The summed E-state index contributed by atoms with van der Waals surface area (Å²) in [5.41, 5.74) is 6.10. The molecule has 1 unspecified atom stereocenters. The van der Waals surface area contributed by atoms with Crippen molar-refractivity contribution in [1.29, 1.82) is 0 Å². The molecule has 0 aromatic carbocycles. The molecule has 0 aliphatic heterocycles. The van der Waals surface area contributed by atoms with Gasteiger partial charge in [0.1, 0.15) is 5.78 Å². The zero-order valence-electron chi connectivity index (χ0n) is 15.4. The molecule has 1 heteroatoms. The first-order valence-electron chi connectivity index (χ1n) is 9.82. The summed E-state index contributed by atoms with van der Waals surface area (Å²) in [4.78, 5) is 12.2. The molecule has 2 fully saturated rings. The number of carbonyl (C=O) groups is 1. The molecule has 23 heavy (non-hydrogen) atoms. The molecule has 0 radical (unpaired) electrons. The SMILES string of the molecule is C/C=C1/CC[C@H]2C3=C(CC[C@]12C)[C@@]1(C)CCC(=O)C(C)[C@@H]1CC3. The van der Waals surface area contributed by atoms with E-state index in [-0.39, 0.29) is 5.92 Å². The Bertz CT molecular complexity index is 609. The molecule has 0 spiro atoms. The van der Waals surface area contributed by atoms with Crippen molar-refractivity contribution in [3.05, 3.63) is 22.8 Å². The summed E-state index contributed by atoms with van der Waals surface area (Å²) in [6.45, 7) is 9.48. The van der Waals surface area contributed by atoms with E-state index in [0.29, 0.717) is 22.5 Å². The molecule has 0 aromatic rings. The van der Waals surface area contributed by atoms with Crippen LogP contribution in [-0.2, 0) is 4.79 Å². The van der Waals surface area contributed by atoms with E-state index in [1.807, 2.05) is 5.57 Å². The van der Waals surface area contributed by atoms with E-state index in [1.54, 1.807) is 11.1 Å². The summed E-state index contributed by atoms with van der Waals surface area (Å²) in [6, 6.07) is 0. The molecule has 0 N–H and O–H groups in total. The Labute approximate surface area is 141 Å². The van der Waals surface area contributed by atoms with Gasteiger partial charge in [0.15, 0.2) is 0 Å². The van der Waals surface area contributed by atoms with Crippen LogP contribution in [0.3, 0.4) is 0 Å². The van der Waals surface area contributed by atoms with Gasteiger partial charge in [0.2, 0.25) is 0 Å². The highest BCUT2D eigenvalue weighted by molar-refractivity contribution is 5.82. The number of rotatable bonds is 0. The van der Waals surface area contributed by atoms with Crippen LogP contribution < -0.4 is 0 Å². The molecule has 0 aromatic heterocycles. The molecule has 0 amide bonds. The van der Waals surface area contributed by atoms with Gasteiger partial charge in [0, 0.05) is 12.3 Å². The van der Waals surface area contributed by atoms with E-state index in [0.717, 1.165) is 18.8 Å². The van der Waals surface area contributed by atoms with E-state index >= 15 is 0 Å². The number of allylic oxidation sites excluding steroid dienone is 4. The van der Waals surface area contributed by atoms with Crippen molar-refractivity contribution in [2.45, 2.75) is 79.1 Å². The fourth-order valence-corrected chi connectivity index (χ4v) is 7.05. The third-order valence-corrected chi connectivity index (χ3v) is 8.49. The Morgan fingerprint density at radius 1 is 1.00 bits per heavy atom. The second-order valence-electron chi connectivity index (χ2n) is 9.14. The smallest absolute Gasteiger partial charge is 0.136 e. The van der Waals surface area contributed by atoms with Crippen LogP contribution in [0.15, 0.2) is 22.8 Å². The van der Waals surface area contributed by atoms with Crippen molar-refractivity contribution in [3.63, 3.8) is 0 Å². The van der Waals surface area contributed by atoms with Crippen molar-refractivity contribution < 1.29 is 4.79 Å². The normalized spacial score (nSPS) is 48.3. The average molecular weight is 312 g/mol. The first kappa shape index (κ1) is 15.7. The maximum absolute atomic E-state index is 12.2. The van der Waals surface area contributed by atoms with E-state index in [2.05, 4.69) is 33.8 Å². The molecule has 4 rings (SSSR count). The zero-order valence-corrected chi connectivity index (χ0v) is 15.4. The second kappa shape index (κ2) is 5.07. The first-order chi connectivity index (χ1) is 10.9. The lowest BCUT2D eigenvalue weighted by atomic mass is 9.50. The van der Waals surface area contributed by atoms with Crippen molar-refractivity contribution >= 4 is 5.78 Å². The van der Waals surface area contributed by atoms with Crippen LogP contribution in [0.5, 0.6) is 0 Å².